The molecule has 2 saturated heterocycles. The zero-order valence-corrected chi connectivity index (χ0v) is 17.5. The molecule has 0 aromatic heterocycles. The summed E-state index contributed by atoms with van der Waals surface area (Å²) in [5.41, 5.74) is 0.478. The third kappa shape index (κ3) is 4.97. The highest BCUT2D eigenvalue weighted by molar-refractivity contribution is 14.0. The van der Waals surface area contributed by atoms with Gasteiger partial charge in [0.05, 0.1) is 0 Å². The average Bonchev–Trinajstić information content (AvgIpc) is 3.13. The summed E-state index contributed by atoms with van der Waals surface area (Å²) in [6.45, 7) is 13.8. The van der Waals surface area contributed by atoms with Gasteiger partial charge in [0.2, 0.25) is 0 Å². The summed E-state index contributed by atoms with van der Waals surface area (Å²) in [7, 11) is 0. The van der Waals surface area contributed by atoms with Crippen LogP contribution in [0.4, 0.5) is 0 Å². The molecule has 2 heterocycles. The normalized spacial score (nSPS) is 32.2. The Morgan fingerprint density at radius 1 is 1.22 bits per heavy atom. The van der Waals surface area contributed by atoms with Crippen LogP contribution in [0.3, 0.4) is 0 Å². The Balaban J connectivity index is 0.00000192. The molecule has 2 atom stereocenters. The summed E-state index contributed by atoms with van der Waals surface area (Å²) in [5.74, 6) is 1.93. The summed E-state index contributed by atoms with van der Waals surface area (Å²) in [4.78, 5) is 10.2. The Labute approximate surface area is 159 Å². The van der Waals surface area contributed by atoms with E-state index in [-0.39, 0.29) is 24.0 Å². The molecule has 2 aliphatic heterocycles. The largest absolute Gasteiger partial charge is 0.357 e. The minimum absolute atomic E-state index is 0. The predicted octanol–water partition coefficient (Wildman–Crippen LogP) is 3.18. The average molecular weight is 434 g/mol. The van der Waals surface area contributed by atoms with Crippen LogP contribution in [0, 0.1) is 11.3 Å². The summed E-state index contributed by atoms with van der Waals surface area (Å²) >= 11 is 0. The van der Waals surface area contributed by atoms with E-state index in [2.05, 4.69) is 35.9 Å². The lowest BCUT2D eigenvalue weighted by Gasteiger charge is -2.25. The zero-order valence-electron chi connectivity index (χ0n) is 15.2. The highest BCUT2D eigenvalue weighted by atomic mass is 127. The predicted molar refractivity (Wildman–Crippen MR) is 109 cm³/mol. The van der Waals surface area contributed by atoms with Gasteiger partial charge in [-0.25, -0.2) is 0 Å². The van der Waals surface area contributed by atoms with Crippen molar-refractivity contribution in [3.8, 4) is 0 Å². The molecule has 0 spiro atoms. The molecule has 0 radical (unpaired) electrons. The first-order valence-corrected chi connectivity index (χ1v) is 9.41. The van der Waals surface area contributed by atoms with Crippen molar-refractivity contribution in [2.75, 3.05) is 39.3 Å². The molecule has 2 unspecified atom stereocenters. The fraction of sp³-hybridized carbons (Fsp3) is 0.944. The Bertz CT molecular complexity index is 410. The molecule has 1 aliphatic carbocycles. The summed E-state index contributed by atoms with van der Waals surface area (Å²) in [6.07, 6.45) is 6.77. The van der Waals surface area contributed by atoms with Gasteiger partial charge in [0, 0.05) is 38.8 Å². The van der Waals surface area contributed by atoms with Gasteiger partial charge in [-0.15, -0.1) is 24.0 Å². The molecule has 23 heavy (non-hydrogen) atoms. The molecular weight excluding hydrogens is 399 g/mol. The number of nitrogens with one attached hydrogen (secondary N) is 1. The molecule has 3 rings (SSSR count). The molecule has 0 bridgehead atoms. The van der Waals surface area contributed by atoms with E-state index in [1.165, 1.54) is 45.2 Å². The molecule has 3 aliphatic rings. The minimum atomic E-state index is 0. The number of halogens is 1. The lowest BCUT2D eigenvalue weighted by atomic mass is 9.87. The molecular formula is C18H35IN4. The topological polar surface area (TPSA) is 30.9 Å². The number of rotatable bonds is 5. The molecule has 134 valence electrons. The molecule has 1 saturated carbocycles. The summed E-state index contributed by atoms with van der Waals surface area (Å²) < 4.78 is 0. The Morgan fingerprint density at radius 3 is 2.61 bits per heavy atom. The van der Waals surface area contributed by atoms with E-state index in [0.717, 1.165) is 44.1 Å². The first-order chi connectivity index (χ1) is 10.6. The van der Waals surface area contributed by atoms with Crippen LogP contribution in [0.15, 0.2) is 4.99 Å². The van der Waals surface area contributed by atoms with Gasteiger partial charge < -0.3 is 15.1 Å². The van der Waals surface area contributed by atoms with Crippen LogP contribution < -0.4 is 5.32 Å². The molecule has 1 N–H and O–H groups in total. The maximum absolute atomic E-state index is 5.00. The van der Waals surface area contributed by atoms with Gasteiger partial charge in [-0.1, -0.05) is 13.8 Å². The maximum Gasteiger partial charge on any atom is 0.193 e. The Kier molecular flexibility index (Phi) is 7.01. The highest BCUT2D eigenvalue weighted by Crippen LogP contribution is 2.33. The van der Waals surface area contributed by atoms with Crippen LogP contribution in [-0.4, -0.2) is 61.1 Å². The van der Waals surface area contributed by atoms with E-state index >= 15 is 0 Å². The fourth-order valence-electron chi connectivity index (χ4n) is 3.92. The second kappa shape index (κ2) is 8.37. The minimum Gasteiger partial charge on any atom is -0.357 e. The summed E-state index contributed by atoms with van der Waals surface area (Å²) in [6, 6.07) is 0.922. The van der Waals surface area contributed by atoms with Gasteiger partial charge in [0.1, 0.15) is 0 Å². The molecule has 4 nitrogen and oxygen atoms in total. The van der Waals surface area contributed by atoms with Crippen LogP contribution >= 0.6 is 24.0 Å². The van der Waals surface area contributed by atoms with Crippen LogP contribution in [0.25, 0.3) is 0 Å². The SMILES string of the molecule is CCNC(=NCC1CCN(C2CC2)C1)N1CCC(C)(CC)C1.I. The quantitative estimate of drug-likeness (QED) is 0.410. The number of aliphatic imine (C=N–C) groups is 1. The van der Waals surface area contributed by atoms with Crippen molar-refractivity contribution in [3.05, 3.63) is 0 Å². The molecule has 0 aromatic rings. The van der Waals surface area contributed by atoms with Crippen molar-refractivity contribution in [1.82, 2.24) is 15.1 Å². The van der Waals surface area contributed by atoms with E-state index in [0.29, 0.717) is 5.41 Å². The van der Waals surface area contributed by atoms with E-state index in [4.69, 9.17) is 4.99 Å². The third-order valence-corrected chi connectivity index (χ3v) is 5.93. The van der Waals surface area contributed by atoms with Gasteiger partial charge in [-0.05, 0) is 56.9 Å². The number of guanidine groups is 1. The highest BCUT2D eigenvalue weighted by Gasteiger charge is 2.35. The standard InChI is InChI=1S/C18H34N4.HI/c1-4-18(3)9-11-22(14-18)17(19-5-2)20-12-15-8-10-21(13-15)16-6-7-16;/h15-16H,4-14H2,1-3H3,(H,19,20);1H. The molecule has 0 aromatic carbocycles. The second-order valence-electron chi connectivity index (χ2n) is 7.91. The van der Waals surface area contributed by atoms with Gasteiger partial charge in [-0.3, -0.25) is 4.99 Å². The van der Waals surface area contributed by atoms with Crippen molar-refractivity contribution >= 4 is 29.9 Å². The van der Waals surface area contributed by atoms with Crippen LogP contribution in [0.5, 0.6) is 0 Å². The van der Waals surface area contributed by atoms with Crippen molar-refractivity contribution in [1.29, 1.82) is 0 Å². The smallest absolute Gasteiger partial charge is 0.193 e. The van der Waals surface area contributed by atoms with Crippen molar-refractivity contribution in [3.63, 3.8) is 0 Å². The van der Waals surface area contributed by atoms with E-state index in [1.54, 1.807) is 0 Å². The zero-order chi connectivity index (χ0) is 15.6. The first-order valence-electron chi connectivity index (χ1n) is 9.41. The van der Waals surface area contributed by atoms with Crippen LogP contribution in [-0.2, 0) is 0 Å². The van der Waals surface area contributed by atoms with Gasteiger partial charge >= 0.3 is 0 Å². The number of hydrogen-bond acceptors (Lipinski definition) is 2. The van der Waals surface area contributed by atoms with Crippen LogP contribution in [0.2, 0.25) is 0 Å². The fourth-order valence-corrected chi connectivity index (χ4v) is 3.92. The number of likely N-dealkylation sites (tertiary alicyclic amines) is 2. The van der Waals surface area contributed by atoms with E-state index < -0.39 is 0 Å². The van der Waals surface area contributed by atoms with Gasteiger partial charge in [0.25, 0.3) is 0 Å². The van der Waals surface area contributed by atoms with Crippen molar-refractivity contribution < 1.29 is 0 Å². The lowest BCUT2D eigenvalue weighted by molar-refractivity contribution is 0.314. The third-order valence-electron chi connectivity index (χ3n) is 5.93. The second-order valence-corrected chi connectivity index (χ2v) is 7.91. The van der Waals surface area contributed by atoms with E-state index in [1.807, 2.05) is 0 Å². The van der Waals surface area contributed by atoms with Crippen molar-refractivity contribution in [2.45, 2.75) is 58.9 Å². The molecule has 3 fully saturated rings. The molecule has 5 heteroatoms. The Hall–Kier alpha value is -0.0400. The first kappa shape index (κ1) is 19.3. The monoisotopic (exact) mass is 434 g/mol. The lowest BCUT2D eigenvalue weighted by Crippen LogP contribution is -2.41. The van der Waals surface area contributed by atoms with Crippen molar-refractivity contribution in [2.24, 2.45) is 16.3 Å². The van der Waals surface area contributed by atoms with Gasteiger partial charge in [-0.2, -0.15) is 0 Å². The summed E-state index contributed by atoms with van der Waals surface area (Å²) in [5, 5.41) is 3.52. The number of hydrogen-bond donors (Lipinski definition) is 1. The molecule has 0 amide bonds. The van der Waals surface area contributed by atoms with Gasteiger partial charge in [0.15, 0.2) is 5.96 Å². The Morgan fingerprint density at radius 2 is 2.00 bits per heavy atom. The maximum atomic E-state index is 5.00. The van der Waals surface area contributed by atoms with Crippen LogP contribution in [0.1, 0.15) is 52.9 Å². The number of nitrogens with zero attached hydrogens (tertiary/aromatic N) is 3. The van der Waals surface area contributed by atoms with E-state index in [9.17, 15) is 0 Å².